The molecule has 1 aliphatic rings. The monoisotopic (exact) mass is 527 g/mol. The second-order valence-corrected chi connectivity index (χ2v) is 10.2. The number of rotatable bonds is 4. The SMILES string of the molecule is CC(=O)O[C@H]1[C@@H](C)[C@H](C)OC(=O)[C@H](Cc2ccccc2)N(C)C(=O)/C=C\[C@H](C)[C@H](OC(C)=O)/C(C)=C\[C@@H]1C. The van der Waals surface area contributed by atoms with Crippen molar-refractivity contribution < 1.29 is 33.4 Å². The summed E-state index contributed by atoms with van der Waals surface area (Å²) in [5, 5.41) is 0. The first-order chi connectivity index (χ1) is 17.8. The molecule has 0 radical (unpaired) electrons. The van der Waals surface area contributed by atoms with Gasteiger partial charge in [0.15, 0.2) is 0 Å². The molecule has 1 aromatic rings. The molecular formula is C30H41NO7. The second-order valence-electron chi connectivity index (χ2n) is 10.2. The van der Waals surface area contributed by atoms with E-state index in [1.54, 1.807) is 20.0 Å². The van der Waals surface area contributed by atoms with Gasteiger partial charge in [-0.3, -0.25) is 14.4 Å². The van der Waals surface area contributed by atoms with Gasteiger partial charge < -0.3 is 19.1 Å². The van der Waals surface area contributed by atoms with Crippen molar-refractivity contribution in [2.24, 2.45) is 17.8 Å². The molecule has 1 heterocycles. The second kappa shape index (κ2) is 13.9. The third-order valence-electron chi connectivity index (χ3n) is 7.03. The third-order valence-corrected chi connectivity index (χ3v) is 7.03. The van der Waals surface area contributed by atoms with Crippen LogP contribution in [-0.2, 0) is 39.8 Å². The lowest BCUT2D eigenvalue weighted by Gasteiger charge is -2.33. The minimum absolute atomic E-state index is 0.271. The van der Waals surface area contributed by atoms with Crippen LogP contribution in [0.4, 0.5) is 0 Å². The number of carbonyl (C=O) groups is 4. The Morgan fingerprint density at radius 3 is 2.13 bits per heavy atom. The van der Waals surface area contributed by atoms with Gasteiger partial charge in [-0.15, -0.1) is 0 Å². The molecule has 1 amide bonds. The molecule has 7 atom stereocenters. The van der Waals surface area contributed by atoms with Crippen LogP contribution in [0.3, 0.4) is 0 Å². The standard InChI is InChI=1S/C30H41NO7/c1-18-14-15-27(34)31(8)26(17-25-12-10-9-11-13-25)30(35)36-22(5)21(4)29(38-24(7)33)20(3)16-19(2)28(18)37-23(6)32/h9-16,18,20-22,26,28-29H,17H2,1-8H3/b15-14-,19-16-/t18-,20-,21-,22-,26-,28-,29+/m0/s1. The van der Waals surface area contributed by atoms with E-state index in [2.05, 4.69) is 0 Å². The zero-order chi connectivity index (χ0) is 28.6. The van der Waals surface area contributed by atoms with Crippen LogP contribution in [-0.4, -0.2) is 60.1 Å². The fourth-order valence-corrected chi connectivity index (χ4v) is 4.74. The van der Waals surface area contributed by atoms with E-state index in [1.165, 1.54) is 24.8 Å². The smallest absolute Gasteiger partial charge is 0.329 e. The van der Waals surface area contributed by atoms with E-state index < -0.39 is 42.3 Å². The van der Waals surface area contributed by atoms with Crippen LogP contribution in [0.15, 0.2) is 54.1 Å². The minimum atomic E-state index is -0.877. The van der Waals surface area contributed by atoms with Gasteiger partial charge in [-0.25, -0.2) is 4.79 Å². The molecule has 1 aromatic carbocycles. The number of ether oxygens (including phenoxy) is 3. The molecule has 1 aliphatic heterocycles. The molecule has 0 spiro atoms. The summed E-state index contributed by atoms with van der Waals surface area (Å²) in [5.74, 6) is -2.80. The Balaban J connectivity index is 2.57. The largest absolute Gasteiger partial charge is 0.462 e. The summed E-state index contributed by atoms with van der Waals surface area (Å²) < 4.78 is 17.2. The van der Waals surface area contributed by atoms with Crippen molar-refractivity contribution in [2.45, 2.75) is 79.2 Å². The Morgan fingerprint density at radius 2 is 1.55 bits per heavy atom. The maximum atomic E-state index is 13.5. The van der Waals surface area contributed by atoms with E-state index in [9.17, 15) is 19.2 Å². The maximum Gasteiger partial charge on any atom is 0.329 e. The van der Waals surface area contributed by atoms with Crippen molar-refractivity contribution in [1.29, 1.82) is 0 Å². The molecule has 8 heteroatoms. The molecule has 2 rings (SSSR count). The van der Waals surface area contributed by atoms with Crippen LogP contribution in [0.25, 0.3) is 0 Å². The van der Waals surface area contributed by atoms with Crippen molar-refractivity contribution in [3.63, 3.8) is 0 Å². The molecule has 38 heavy (non-hydrogen) atoms. The first-order valence-electron chi connectivity index (χ1n) is 13.0. The van der Waals surface area contributed by atoms with Gasteiger partial charge >= 0.3 is 17.9 Å². The predicted molar refractivity (Wildman–Crippen MR) is 144 cm³/mol. The number of hydrogen-bond acceptors (Lipinski definition) is 7. The highest BCUT2D eigenvalue weighted by atomic mass is 16.6. The average molecular weight is 528 g/mol. The highest BCUT2D eigenvalue weighted by molar-refractivity contribution is 5.91. The number of hydrogen-bond donors (Lipinski definition) is 0. The number of carbonyl (C=O) groups excluding carboxylic acids is 4. The predicted octanol–water partition coefficient (Wildman–Crippen LogP) is 4.28. The van der Waals surface area contributed by atoms with Crippen LogP contribution in [0.2, 0.25) is 0 Å². The molecule has 0 unspecified atom stereocenters. The van der Waals surface area contributed by atoms with Gasteiger partial charge in [0.2, 0.25) is 5.91 Å². The van der Waals surface area contributed by atoms with Crippen LogP contribution in [0, 0.1) is 17.8 Å². The number of nitrogens with zero attached hydrogens (tertiary/aromatic N) is 1. The average Bonchev–Trinajstić information content (AvgIpc) is 2.86. The normalized spacial score (nSPS) is 31.6. The lowest BCUT2D eigenvalue weighted by Crippen LogP contribution is -2.46. The zero-order valence-electron chi connectivity index (χ0n) is 23.7. The van der Waals surface area contributed by atoms with Gasteiger partial charge in [0.25, 0.3) is 0 Å². The quantitative estimate of drug-likeness (QED) is 0.327. The Bertz CT molecular complexity index is 1050. The first kappa shape index (κ1) is 30.8. The van der Waals surface area contributed by atoms with E-state index in [1.807, 2.05) is 64.1 Å². The molecule has 0 fully saturated rings. The summed E-state index contributed by atoms with van der Waals surface area (Å²) in [6.07, 6.45) is 3.40. The van der Waals surface area contributed by atoms with Crippen LogP contribution in [0.1, 0.15) is 54.0 Å². The van der Waals surface area contributed by atoms with Crippen LogP contribution < -0.4 is 0 Å². The first-order valence-corrected chi connectivity index (χ1v) is 13.0. The van der Waals surface area contributed by atoms with E-state index in [4.69, 9.17) is 14.2 Å². The number of benzene rings is 1. The van der Waals surface area contributed by atoms with Gasteiger partial charge in [0, 0.05) is 45.1 Å². The highest BCUT2D eigenvalue weighted by Crippen LogP contribution is 2.28. The van der Waals surface area contributed by atoms with Crippen molar-refractivity contribution >= 4 is 23.8 Å². The molecule has 0 aliphatic carbocycles. The zero-order valence-corrected chi connectivity index (χ0v) is 23.7. The Hall–Kier alpha value is -3.42. The lowest BCUT2D eigenvalue weighted by atomic mass is 9.86. The number of cyclic esters (lactones) is 1. The van der Waals surface area contributed by atoms with Crippen LogP contribution >= 0.6 is 0 Å². The van der Waals surface area contributed by atoms with Crippen LogP contribution in [0.5, 0.6) is 0 Å². The van der Waals surface area contributed by atoms with E-state index in [0.717, 1.165) is 11.1 Å². The highest BCUT2D eigenvalue weighted by Gasteiger charge is 2.35. The molecule has 208 valence electrons. The van der Waals surface area contributed by atoms with Gasteiger partial charge in [-0.1, -0.05) is 63.3 Å². The van der Waals surface area contributed by atoms with Gasteiger partial charge in [-0.2, -0.15) is 0 Å². The van der Waals surface area contributed by atoms with E-state index >= 15 is 0 Å². The fourth-order valence-electron chi connectivity index (χ4n) is 4.74. The minimum Gasteiger partial charge on any atom is -0.462 e. The Morgan fingerprint density at radius 1 is 0.947 bits per heavy atom. The molecule has 0 N–H and O–H groups in total. The van der Waals surface area contributed by atoms with Crippen molar-refractivity contribution in [3.05, 3.63) is 59.7 Å². The van der Waals surface area contributed by atoms with Crippen molar-refractivity contribution in [2.75, 3.05) is 7.05 Å². The molecule has 0 saturated carbocycles. The topological polar surface area (TPSA) is 99.2 Å². The molecule has 0 saturated heterocycles. The molecule has 8 nitrogen and oxygen atoms in total. The maximum absolute atomic E-state index is 13.5. The molecule has 0 aromatic heterocycles. The van der Waals surface area contributed by atoms with Gasteiger partial charge in [0.1, 0.15) is 24.4 Å². The summed E-state index contributed by atoms with van der Waals surface area (Å²) >= 11 is 0. The number of amides is 1. The Kier molecular flexibility index (Phi) is 11.3. The third kappa shape index (κ3) is 8.57. The molecule has 0 bridgehead atoms. The summed E-state index contributed by atoms with van der Waals surface area (Å²) in [5.41, 5.74) is 1.64. The summed E-state index contributed by atoms with van der Waals surface area (Å²) in [4.78, 5) is 51.9. The fraction of sp³-hybridized carbons (Fsp3) is 0.533. The lowest BCUT2D eigenvalue weighted by molar-refractivity contribution is -0.165. The summed E-state index contributed by atoms with van der Waals surface area (Å²) in [6.45, 7) is 11.9. The van der Waals surface area contributed by atoms with Gasteiger partial charge in [0.05, 0.1) is 0 Å². The number of likely N-dealkylation sites (N-methyl/N-ethyl adjacent to an activating group) is 1. The summed E-state index contributed by atoms with van der Waals surface area (Å²) in [6, 6.07) is 8.53. The number of esters is 3. The molecular weight excluding hydrogens is 486 g/mol. The van der Waals surface area contributed by atoms with Gasteiger partial charge in [-0.05, 0) is 31.1 Å². The van der Waals surface area contributed by atoms with E-state index in [-0.39, 0.29) is 30.1 Å². The Labute approximate surface area is 226 Å². The van der Waals surface area contributed by atoms with Crippen molar-refractivity contribution in [1.82, 2.24) is 4.90 Å². The summed E-state index contributed by atoms with van der Waals surface area (Å²) in [7, 11) is 1.57. The van der Waals surface area contributed by atoms with E-state index in [0.29, 0.717) is 0 Å². The van der Waals surface area contributed by atoms with Crippen molar-refractivity contribution in [3.8, 4) is 0 Å².